The second kappa shape index (κ2) is 9.18. The molecule has 2 N–H and O–H groups in total. The molecule has 2 heterocycles. The first-order valence-electron chi connectivity index (χ1n) is 10.4. The number of fused-ring (bicyclic) bond motifs is 3. The molecule has 3 aromatic carbocycles. The summed E-state index contributed by atoms with van der Waals surface area (Å²) in [4.78, 5) is 34.3. The van der Waals surface area contributed by atoms with Crippen LogP contribution in [0, 0.1) is 6.92 Å². The molecule has 9 heteroatoms. The SMILES string of the molecule is Cc1ccccc1-n1c(SCC(=O)Nc2ccc(Cl)c(Cl)c2)nc2c([nH]c3ccccc32)c1=O. The van der Waals surface area contributed by atoms with Crippen LogP contribution in [-0.2, 0) is 4.79 Å². The third-order valence-corrected chi connectivity index (χ3v) is 7.06. The number of para-hydroxylation sites is 2. The summed E-state index contributed by atoms with van der Waals surface area (Å²) in [6.45, 7) is 1.93. The fourth-order valence-corrected chi connectivity index (χ4v) is 4.86. The molecule has 6 nitrogen and oxygen atoms in total. The number of nitrogens with zero attached hydrogens (tertiary/aromatic N) is 2. The van der Waals surface area contributed by atoms with Crippen molar-refractivity contribution in [1.29, 1.82) is 0 Å². The normalized spacial score (nSPS) is 11.3. The number of anilines is 1. The summed E-state index contributed by atoms with van der Waals surface area (Å²) in [5.41, 5.74) is 3.79. The van der Waals surface area contributed by atoms with Crippen LogP contribution in [0.15, 0.2) is 76.7 Å². The molecule has 170 valence electrons. The van der Waals surface area contributed by atoms with Crippen molar-refractivity contribution in [1.82, 2.24) is 14.5 Å². The molecule has 0 unspecified atom stereocenters. The summed E-state index contributed by atoms with van der Waals surface area (Å²) < 4.78 is 1.56. The number of H-pyrrole nitrogens is 1. The predicted octanol–water partition coefficient (Wildman–Crippen LogP) is 6.21. The van der Waals surface area contributed by atoms with Crippen LogP contribution in [0.25, 0.3) is 27.6 Å². The molecular formula is C25H18Cl2N4O2S. The maximum atomic E-state index is 13.6. The second-order valence-electron chi connectivity index (χ2n) is 7.68. The van der Waals surface area contributed by atoms with Crippen molar-refractivity contribution in [3.05, 3.63) is 92.7 Å². The highest BCUT2D eigenvalue weighted by molar-refractivity contribution is 7.99. The van der Waals surface area contributed by atoms with E-state index in [2.05, 4.69) is 10.3 Å². The van der Waals surface area contributed by atoms with Gasteiger partial charge in [-0.2, -0.15) is 0 Å². The minimum Gasteiger partial charge on any atom is -0.349 e. The molecule has 0 saturated carbocycles. The van der Waals surface area contributed by atoms with Crippen molar-refractivity contribution >= 4 is 68.5 Å². The van der Waals surface area contributed by atoms with Crippen LogP contribution in [-0.4, -0.2) is 26.2 Å². The molecule has 0 saturated heterocycles. The number of amides is 1. The number of carbonyl (C=O) groups is 1. The Balaban J connectivity index is 1.55. The van der Waals surface area contributed by atoms with E-state index in [-0.39, 0.29) is 17.2 Å². The largest absolute Gasteiger partial charge is 0.349 e. The third kappa shape index (κ3) is 4.18. The number of benzene rings is 3. The lowest BCUT2D eigenvalue weighted by molar-refractivity contribution is -0.113. The predicted molar refractivity (Wildman–Crippen MR) is 140 cm³/mol. The van der Waals surface area contributed by atoms with E-state index in [4.69, 9.17) is 28.2 Å². The van der Waals surface area contributed by atoms with E-state index >= 15 is 0 Å². The van der Waals surface area contributed by atoms with Gasteiger partial charge in [0.25, 0.3) is 5.56 Å². The van der Waals surface area contributed by atoms with Crippen LogP contribution in [0.5, 0.6) is 0 Å². The zero-order valence-electron chi connectivity index (χ0n) is 17.9. The Bertz CT molecular complexity index is 1630. The summed E-state index contributed by atoms with van der Waals surface area (Å²) in [6, 6.07) is 20.1. The lowest BCUT2D eigenvalue weighted by atomic mass is 10.2. The van der Waals surface area contributed by atoms with Crippen LogP contribution >= 0.6 is 35.0 Å². The molecular weight excluding hydrogens is 491 g/mol. The van der Waals surface area contributed by atoms with Gasteiger partial charge in [-0.05, 0) is 42.8 Å². The number of hydrogen-bond acceptors (Lipinski definition) is 4. The monoisotopic (exact) mass is 508 g/mol. The quantitative estimate of drug-likeness (QED) is 0.218. The molecule has 0 atom stereocenters. The Kier molecular flexibility index (Phi) is 6.08. The average Bonchev–Trinajstić information content (AvgIpc) is 3.20. The van der Waals surface area contributed by atoms with E-state index < -0.39 is 0 Å². The summed E-state index contributed by atoms with van der Waals surface area (Å²) in [5.74, 6) is -0.208. The van der Waals surface area contributed by atoms with Crippen molar-refractivity contribution in [2.24, 2.45) is 0 Å². The van der Waals surface area contributed by atoms with E-state index in [1.165, 1.54) is 11.8 Å². The van der Waals surface area contributed by atoms with Gasteiger partial charge in [-0.15, -0.1) is 0 Å². The van der Waals surface area contributed by atoms with Crippen molar-refractivity contribution < 1.29 is 4.79 Å². The first kappa shape index (κ1) is 22.5. The minimum absolute atomic E-state index is 0.0480. The van der Waals surface area contributed by atoms with Gasteiger partial charge < -0.3 is 10.3 Å². The molecule has 5 aromatic rings. The lowest BCUT2D eigenvalue weighted by Gasteiger charge is -2.14. The van der Waals surface area contributed by atoms with Gasteiger partial charge in [0, 0.05) is 16.6 Å². The van der Waals surface area contributed by atoms with E-state index in [1.54, 1.807) is 22.8 Å². The number of rotatable bonds is 5. The van der Waals surface area contributed by atoms with Gasteiger partial charge in [0.15, 0.2) is 5.16 Å². The smallest absolute Gasteiger partial charge is 0.283 e. The van der Waals surface area contributed by atoms with Gasteiger partial charge in [0.2, 0.25) is 5.91 Å². The molecule has 0 bridgehead atoms. The Labute approximate surface area is 208 Å². The number of halogens is 2. The average molecular weight is 509 g/mol. The van der Waals surface area contributed by atoms with E-state index in [0.29, 0.717) is 37.6 Å². The highest BCUT2D eigenvalue weighted by Gasteiger charge is 2.19. The fourth-order valence-electron chi connectivity index (χ4n) is 3.77. The molecule has 0 radical (unpaired) electrons. The van der Waals surface area contributed by atoms with Crippen molar-refractivity contribution in [2.75, 3.05) is 11.1 Å². The Morgan fingerprint density at radius 1 is 1.06 bits per heavy atom. The number of thioether (sulfide) groups is 1. The molecule has 0 aliphatic heterocycles. The molecule has 2 aromatic heterocycles. The highest BCUT2D eigenvalue weighted by atomic mass is 35.5. The first-order valence-corrected chi connectivity index (χ1v) is 12.1. The summed E-state index contributed by atoms with van der Waals surface area (Å²) >= 11 is 13.2. The molecule has 5 rings (SSSR count). The number of aromatic amines is 1. The van der Waals surface area contributed by atoms with Crippen LogP contribution in [0.3, 0.4) is 0 Å². The summed E-state index contributed by atoms with van der Waals surface area (Å²) in [7, 11) is 0. The maximum Gasteiger partial charge on any atom is 0.283 e. The number of hydrogen-bond donors (Lipinski definition) is 2. The Hall–Kier alpha value is -3.26. The zero-order chi connectivity index (χ0) is 23.8. The van der Waals surface area contributed by atoms with Crippen molar-refractivity contribution in [3.8, 4) is 5.69 Å². The van der Waals surface area contributed by atoms with Gasteiger partial charge in [-0.25, -0.2) is 4.98 Å². The van der Waals surface area contributed by atoms with Gasteiger partial charge in [0.1, 0.15) is 11.0 Å². The molecule has 1 amide bonds. The van der Waals surface area contributed by atoms with Crippen LogP contribution in [0.1, 0.15) is 5.56 Å². The van der Waals surface area contributed by atoms with Gasteiger partial charge in [-0.3, -0.25) is 14.2 Å². The van der Waals surface area contributed by atoms with Gasteiger partial charge in [0.05, 0.1) is 21.5 Å². The third-order valence-electron chi connectivity index (χ3n) is 5.39. The van der Waals surface area contributed by atoms with E-state index in [0.717, 1.165) is 16.5 Å². The Morgan fingerprint density at radius 3 is 2.62 bits per heavy atom. The Morgan fingerprint density at radius 2 is 1.82 bits per heavy atom. The summed E-state index contributed by atoms with van der Waals surface area (Å²) in [6.07, 6.45) is 0. The van der Waals surface area contributed by atoms with Gasteiger partial charge in [-0.1, -0.05) is 71.4 Å². The topological polar surface area (TPSA) is 79.8 Å². The molecule has 34 heavy (non-hydrogen) atoms. The van der Waals surface area contributed by atoms with E-state index in [9.17, 15) is 9.59 Å². The highest BCUT2D eigenvalue weighted by Crippen LogP contribution is 2.28. The molecule has 0 fully saturated rings. The van der Waals surface area contributed by atoms with Crippen LogP contribution in [0.2, 0.25) is 10.0 Å². The molecule has 0 aliphatic carbocycles. The number of carbonyl (C=O) groups excluding carboxylic acids is 1. The fraction of sp³-hybridized carbons (Fsp3) is 0.0800. The minimum atomic E-state index is -0.256. The van der Waals surface area contributed by atoms with Gasteiger partial charge >= 0.3 is 0 Å². The second-order valence-corrected chi connectivity index (χ2v) is 9.44. The standard InChI is InChI=1S/C25H18Cl2N4O2S/c1-14-6-2-5-9-20(14)31-24(33)23-22(16-7-3-4-8-19(16)29-23)30-25(31)34-13-21(32)28-15-10-11-17(26)18(27)12-15/h2-12,29H,13H2,1H3,(H,28,32). The molecule has 0 aliphatic rings. The van der Waals surface area contributed by atoms with E-state index in [1.807, 2.05) is 55.5 Å². The zero-order valence-corrected chi connectivity index (χ0v) is 20.3. The van der Waals surface area contributed by atoms with Crippen LogP contribution < -0.4 is 10.9 Å². The molecule has 0 spiro atoms. The lowest BCUT2D eigenvalue weighted by Crippen LogP contribution is -2.23. The van der Waals surface area contributed by atoms with Crippen molar-refractivity contribution in [3.63, 3.8) is 0 Å². The maximum absolute atomic E-state index is 13.6. The first-order chi connectivity index (χ1) is 16.4. The number of nitrogens with one attached hydrogen (secondary N) is 2. The number of aromatic nitrogens is 3. The van der Waals surface area contributed by atoms with Crippen molar-refractivity contribution in [2.45, 2.75) is 12.1 Å². The summed E-state index contributed by atoms with van der Waals surface area (Å²) in [5, 5.41) is 4.85. The van der Waals surface area contributed by atoms with Crippen LogP contribution in [0.4, 0.5) is 5.69 Å². The number of aryl methyl sites for hydroxylation is 1.